The van der Waals surface area contributed by atoms with E-state index < -0.39 is 23.7 Å². The molecule has 0 spiro atoms. The van der Waals surface area contributed by atoms with Crippen molar-refractivity contribution in [3.8, 4) is 5.75 Å². The van der Waals surface area contributed by atoms with Crippen LogP contribution in [0.15, 0.2) is 72.8 Å². The molecule has 3 aromatic carbocycles. The van der Waals surface area contributed by atoms with Gasteiger partial charge < -0.3 is 19.5 Å². The van der Waals surface area contributed by atoms with Crippen LogP contribution in [-0.2, 0) is 33.9 Å². The number of aliphatic carboxylic acids is 1. The highest BCUT2D eigenvalue weighted by molar-refractivity contribution is 5.88. The van der Waals surface area contributed by atoms with Gasteiger partial charge in [0.2, 0.25) is 0 Å². The summed E-state index contributed by atoms with van der Waals surface area (Å²) in [5.41, 5.74) is 4.09. The van der Waals surface area contributed by atoms with Crippen molar-refractivity contribution in [3.05, 3.63) is 101 Å². The van der Waals surface area contributed by atoms with Crippen LogP contribution in [0, 0.1) is 6.92 Å². The van der Waals surface area contributed by atoms with E-state index in [0.717, 1.165) is 53.5 Å². The van der Waals surface area contributed by atoms with E-state index in [1.165, 1.54) is 4.90 Å². The van der Waals surface area contributed by atoms with Gasteiger partial charge in [0, 0.05) is 18.5 Å². The van der Waals surface area contributed by atoms with Crippen LogP contribution in [0.25, 0.3) is 0 Å². The van der Waals surface area contributed by atoms with E-state index >= 15 is 0 Å². The minimum atomic E-state index is -1.03. The predicted molar refractivity (Wildman–Crippen MR) is 145 cm³/mol. The average Bonchev–Trinajstić information content (AvgIpc) is 3.37. The van der Waals surface area contributed by atoms with Crippen molar-refractivity contribution in [2.45, 2.75) is 76.9 Å². The molecule has 38 heavy (non-hydrogen) atoms. The lowest BCUT2D eigenvalue weighted by atomic mass is 9.90. The molecule has 6 heteroatoms. The fourth-order valence-corrected chi connectivity index (χ4v) is 5.70. The lowest BCUT2D eigenvalue weighted by molar-refractivity contribution is -0.166. The van der Waals surface area contributed by atoms with Crippen molar-refractivity contribution in [1.29, 1.82) is 0 Å². The molecule has 0 radical (unpaired) electrons. The molecule has 5 rings (SSSR count). The Kier molecular flexibility index (Phi) is 7.52. The highest BCUT2D eigenvalue weighted by Gasteiger charge is 2.42. The molecule has 1 amide bonds. The third kappa shape index (κ3) is 5.46. The highest BCUT2D eigenvalue weighted by atomic mass is 16.5. The Bertz CT molecular complexity index is 1280. The summed E-state index contributed by atoms with van der Waals surface area (Å²) in [4.78, 5) is 28.2. The lowest BCUT2D eigenvalue weighted by Gasteiger charge is -2.39. The summed E-state index contributed by atoms with van der Waals surface area (Å²) >= 11 is 0. The maximum absolute atomic E-state index is 14.1. The number of fused-ring (bicyclic) bond motifs is 1. The number of hydrogen-bond acceptors (Lipinski definition) is 4. The smallest absolute Gasteiger partial charge is 0.326 e. The summed E-state index contributed by atoms with van der Waals surface area (Å²) in [5, 5.41) is 10.3. The topological polar surface area (TPSA) is 76.1 Å². The number of nitrogens with zero attached hydrogens (tertiary/aromatic N) is 1. The molecule has 6 nitrogen and oxygen atoms in total. The van der Waals surface area contributed by atoms with Crippen molar-refractivity contribution in [3.63, 3.8) is 0 Å². The fraction of sp³-hybridized carbons (Fsp3) is 0.375. The first-order chi connectivity index (χ1) is 18.3. The van der Waals surface area contributed by atoms with Gasteiger partial charge in [0.1, 0.15) is 18.4 Å². The Morgan fingerprint density at radius 2 is 1.66 bits per heavy atom. The largest absolute Gasteiger partial charge is 0.488 e. The Balaban J connectivity index is 1.46. The van der Waals surface area contributed by atoms with E-state index in [1.54, 1.807) is 0 Å². The maximum Gasteiger partial charge on any atom is 0.326 e. The second-order valence-electron chi connectivity index (χ2n) is 10.7. The van der Waals surface area contributed by atoms with Gasteiger partial charge in [0.05, 0.1) is 5.60 Å². The molecule has 1 aliphatic heterocycles. The first-order valence-electron chi connectivity index (χ1n) is 13.4. The van der Waals surface area contributed by atoms with Crippen LogP contribution in [0.3, 0.4) is 0 Å². The summed E-state index contributed by atoms with van der Waals surface area (Å²) in [6, 6.07) is 22.3. The number of benzene rings is 3. The quantitative estimate of drug-likeness (QED) is 0.400. The Morgan fingerprint density at radius 1 is 1.00 bits per heavy atom. The Hall–Kier alpha value is -3.64. The van der Waals surface area contributed by atoms with E-state index in [9.17, 15) is 14.7 Å². The summed E-state index contributed by atoms with van der Waals surface area (Å²) in [6.07, 6.45) is 3.22. The van der Waals surface area contributed by atoms with Gasteiger partial charge in [-0.25, -0.2) is 4.79 Å². The van der Waals surface area contributed by atoms with E-state index in [2.05, 4.69) is 6.92 Å². The second kappa shape index (κ2) is 11.0. The number of ether oxygens (including phenoxy) is 2. The van der Waals surface area contributed by atoms with Crippen molar-refractivity contribution in [2.24, 2.45) is 0 Å². The molecule has 2 atom stereocenters. The Labute approximate surface area is 224 Å². The Morgan fingerprint density at radius 3 is 2.32 bits per heavy atom. The number of hydrogen-bond donors (Lipinski definition) is 1. The first kappa shape index (κ1) is 26.0. The molecule has 1 heterocycles. The minimum Gasteiger partial charge on any atom is -0.488 e. The molecule has 2 aliphatic rings. The van der Waals surface area contributed by atoms with Gasteiger partial charge in [-0.05, 0) is 48.9 Å². The van der Waals surface area contributed by atoms with Crippen LogP contribution in [0.4, 0.5) is 0 Å². The van der Waals surface area contributed by atoms with Crippen LogP contribution >= 0.6 is 0 Å². The van der Waals surface area contributed by atoms with Crippen LogP contribution in [0.5, 0.6) is 5.75 Å². The van der Waals surface area contributed by atoms with Crippen molar-refractivity contribution >= 4 is 11.9 Å². The van der Waals surface area contributed by atoms with Gasteiger partial charge in [0.15, 0.2) is 6.10 Å². The zero-order valence-corrected chi connectivity index (χ0v) is 22.1. The van der Waals surface area contributed by atoms with Crippen molar-refractivity contribution < 1.29 is 24.2 Å². The molecular weight excluding hydrogens is 478 g/mol. The standard InChI is InChI=1S/C32H35NO5/c1-22-15-16-25-20-33(27(31(35)36)19-26(25)28(22)37-21-23-11-5-3-6-12-23)30(34)29(24-13-7-4-8-14-24)38-32(2)17-9-10-18-32/h3-8,11-16,27,29H,9-10,17-21H2,1-2H3,(H,35,36)/t27-,29+/m1/s1. The predicted octanol–water partition coefficient (Wildman–Crippen LogP) is 6.00. The first-order valence-corrected chi connectivity index (χ1v) is 13.4. The molecular formula is C32H35NO5. The van der Waals surface area contributed by atoms with E-state index in [-0.39, 0.29) is 18.9 Å². The summed E-state index contributed by atoms with van der Waals surface area (Å²) < 4.78 is 12.8. The molecule has 0 unspecified atom stereocenters. The third-order valence-corrected chi connectivity index (χ3v) is 7.85. The van der Waals surface area contributed by atoms with Gasteiger partial charge in [0.25, 0.3) is 5.91 Å². The number of carboxylic acids is 1. The molecule has 0 bridgehead atoms. The molecule has 1 saturated carbocycles. The monoisotopic (exact) mass is 513 g/mol. The summed E-state index contributed by atoms with van der Waals surface area (Å²) in [7, 11) is 0. The number of amides is 1. The normalized spacial score (nSPS) is 19.0. The number of carbonyl (C=O) groups excluding carboxylic acids is 1. The number of carboxylic acid groups (broad SMARTS) is 1. The number of aryl methyl sites for hydroxylation is 1. The van der Waals surface area contributed by atoms with Crippen LogP contribution in [0.2, 0.25) is 0 Å². The molecule has 1 fully saturated rings. The van der Waals surface area contributed by atoms with Crippen molar-refractivity contribution in [2.75, 3.05) is 0 Å². The van der Waals surface area contributed by atoms with Crippen LogP contribution in [-0.4, -0.2) is 33.5 Å². The summed E-state index contributed by atoms with van der Waals surface area (Å²) in [5.74, 6) is -0.632. The van der Waals surface area contributed by atoms with E-state index in [1.807, 2.05) is 79.7 Å². The molecule has 3 aromatic rings. The van der Waals surface area contributed by atoms with E-state index in [0.29, 0.717) is 12.4 Å². The fourth-order valence-electron chi connectivity index (χ4n) is 5.70. The lowest BCUT2D eigenvalue weighted by Crippen LogP contribution is -2.51. The van der Waals surface area contributed by atoms with Crippen LogP contribution in [0.1, 0.15) is 66.5 Å². The van der Waals surface area contributed by atoms with Crippen molar-refractivity contribution in [1.82, 2.24) is 4.90 Å². The van der Waals surface area contributed by atoms with Gasteiger partial charge >= 0.3 is 5.97 Å². The highest BCUT2D eigenvalue weighted by Crippen LogP contribution is 2.40. The van der Waals surface area contributed by atoms with Crippen LogP contribution < -0.4 is 4.74 Å². The minimum absolute atomic E-state index is 0.182. The molecule has 1 aliphatic carbocycles. The molecule has 1 N–H and O–H groups in total. The average molecular weight is 514 g/mol. The van der Waals surface area contributed by atoms with Gasteiger partial charge in [-0.3, -0.25) is 4.79 Å². The zero-order chi connectivity index (χ0) is 26.7. The number of carbonyl (C=O) groups is 2. The molecule has 0 aromatic heterocycles. The molecule has 0 saturated heterocycles. The molecule has 198 valence electrons. The van der Waals surface area contributed by atoms with Gasteiger partial charge in [-0.1, -0.05) is 85.6 Å². The third-order valence-electron chi connectivity index (χ3n) is 7.85. The van der Waals surface area contributed by atoms with E-state index in [4.69, 9.17) is 9.47 Å². The van der Waals surface area contributed by atoms with Gasteiger partial charge in [-0.2, -0.15) is 0 Å². The van der Waals surface area contributed by atoms with Gasteiger partial charge in [-0.15, -0.1) is 0 Å². The second-order valence-corrected chi connectivity index (χ2v) is 10.7. The summed E-state index contributed by atoms with van der Waals surface area (Å²) in [6.45, 7) is 4.61. The zero-order valence-electron chi connectivity index (χ0n) is 22.1. The number of rotatable bonds is 8. The SMILES string of the molecule is Cc1ccc2c(c1OCc1ccccc1)C[C@H](C(=O)O)N(C(=O)[C@@H](OC1(C)CCCC1)c1ccccc1)C2. The maximum atomic E-state index is 14.1.